The first-order chi connectivity index (χ1) is 11.0. The first-order valence-electron chi connectivity index (χ1n) is 7.46. The minimum atomic E-state index is -0.0191. The summed E-state index contributed by atoms with van der Waals surface area (Å²) >= 11 is 1.46. The predicted molar refractivity (Wildman–Crippen MR) is 92.2 cm³/mol. The number of fused-ring (bicyclic) bond motifs is 3. The van der Waals surface area contributed by atoms with Crippen molar-refractivity contribution in [3.8, 4) is 0 Å². The van der Waals surface area contributed by atoms with Crippen molar-refractivity contribution in [1.29, 1.82) is 0 Å². The van der Waals surface area contributed by atoms with Crippen molar-refractivity contribution in [2.24, 2.45) is 0 Å². The van der Waals surface area contributed by atoms with Gasteiger partial charge in [-0.25, -0.2) is 4.98 Å². The van der Waals surface area contributed by atoms with Crippen molar-refractivity contribution >= 4 is 28.4 Å². The van der Waals surface area contributed by atoms with Gasteiger partial charge in [0.15, 0.2) is 0 Å². The van der Waals surface area contributed by atoms with Gasteiger partial charge in [-0.15, -0.1) is 5.10 Å². The van der Waals surface area contributed by atoms with E-state index in [4.69, 9.17) is 0 Å². The Morgan fingerprint density at radius 1 is 1.30 bits per heavy atom. The lowest BCUT2D eigenvalue weighted by Crippen LogP contribution is -2.23. The molecule has 0 bridgehead atoms. The van der Waals surface area contributed by atoms with Crippen molar-refractivity contribution in [1.82, 2.24) is 29.0 Å². The van der Waals surface area contributed by atoms with Crippen molar-refractivity contribution in [3.05, 3.63) is 28.3 Å². The first-order valence-corrected chi connectivity index (χ1v) is 8.69. The molecule has 0 N–H and O–H groups in total. The zero-order valence-corrected chi connectivity index (χ0v) is 14.6. The van der Waals surface area contributed by atoms with E-state index in [1.165, 1.54) is 11.8 Å². The molecule has 0 aliphatic rings. The highest BCUT2D eigenvalue weighted by molar-refractivity contribution is 7.98. The molecule has 0 fully saturated rings. The van der Waals surface area contributed by atoms with Gasteiger partial charge in [-0.2, -0.15) is 9.50 Å². The van der Waals surface area contributed by atoms with Gasteiger partial charge in [-0.1, -0.05) is 11.8 Å². The number of nitrogens with zero attached hydrogens (tertiary/aromatic N) is 6. The van der Waals surface area contributed by atoms with E-state index in [9.17, 15) is 4.79 Å². The average Bonchev–Trinajstić information content (AvgIpc) is 2.91. The Kier molecular flexibility index (Phi) is 4.36. The number of hydrogen-bond acceptors (Lipinski definition) is 6. The van der Waals surface area contributed by atoms with E-state index in [1.54, 1.807) is 9.08 Å². The molecule has 7 nitrogen and oxygen atoms in total. The zero-order chi connectivity index (χ0) is 16.6. The van der Waals surface area contributed by atoms with E-state index < -0.39 is 0 Å². The normalized spacial score (nSPS) is 11.9. The van der Waals surface area contributed by atoms with Crippen LogP contribution in [-0.4, -0.2) is 55.9 Å². The minimum absolute atomic E-state index is 0.0191. The molecular weight excluding hydrogens is 312 g/mol. The summed E-state index contributed by atoms with van der Waals surface area (Å²) in [7, 11) is 4.06. The lowest BCUT2D eigenvalue weighted by Gasteiger charge is -2.11. The Hall–Kier alpha value is -1.93. The Morgan fingerprint density at radius 2 is 2.09 bits per heavy atom. The zero-order valence-electron chi connectivity index (χ0n) is 13.8. The molecule has 0 aromatic carbocycles. The van der Waals surface area contributed by atoms with Gasteiger partial charge < -0.3 is 9.47 Å². The van der Waals surface area contributed by atoms with E-state index in [0.717, 1.165) is 18.5 Å². The Labute approximate surface area is 138 Å². The standard InChI is InChI=1S/C15H20N6OS/c1-10-12-11(21-14(16-10)17-15(18-21)23-4)6-9-20(13(12)22)8-5-7-19(2)3/h6,9H,5,7-8H2,1-4H3. The van der Waals surface area contributed by atoms with Crippen LogP contribution in [0.1, 0.15) is 12.1 Å². The second kappa shape index (κ2) is 6.29. The number of rotatable bonds is 5. The molecule has 0 aliphatic heterocycles. The third-order valence-electron chi connectivity index (χ3n) is 3.76. The van der Waals surface area contributed by atoms with Crippen molar-refractivity contribution in [2.75, 3.05) is 26.9 Å². The Balaban J connectivity index is 2.11. The number of aromatic nitrogens is 5. The molecule has 122 valence electrons. The maximum absolute atomic E-state index is 12.8. The molecule has 0 radical (unpaired) electrons. The first kappa shape index (κ1) is 15.9. The molecule has 0 saturated heterocycles. The van der Waals surface area contributed by atoms with E-state index in [-0.39, 0.29) is 5.56 Å². The fraction of sp³-hybridized carbons (Fsp3) is 0.467. The molecule has 0 atom stereocenters. The Bertz CT molecular complexity index is 914. The molecule has 0 saturated carbocycles. The molecule has 0 aliphatic carbocycles. The lowest BCUT2D eigenvalue weighted by atomic mass is 10.2. The van der Waals surface area contributed by atoms with Gasteiger partial charge in [0.25, 0.3) is 11.3 Å². The van der Waals surface area contributed by atoms with Crippen molar-refractivity contribution in [3.63, 3.8) is 0 Å². The molecule has 3 heterocycles. The van der Waals surface area contributed by atoms with Crippen LogP contribution in [0.4, 0.5) is 0 Å². The van der Waals surface area contributed by atoms with Crippen LogP contribution in [0.25, 0.3) is 16.7 Å². The highest BCUT2D eigenvalue weighted by atomic mass is 32.2. The summed E-state index contributed by atoms with van der Waals surface area (Å²) in [5.41, 5.74) is 1.43. The number of hydrogen-bond donors (Lipinski definition) is 0. The number of thioether (sulfide) groups is 1. The summed E-state index contributed by atoms with van der Waals surface area (Å²) in [6.07, 6.45) is 4.67. The topological polar surface area (TPSA) is 68.3 Å². The van der Waals surface area contributed by atoms with Crippen LogP contribution in [0.5, 0.6) is 0 Å². The SMILES string of the molecule is CSc1nc2nc(C)c3c(=O)n(CCCN(C)C)ccc3n2n1. The lowest BCUT2D eigenvalue weighted by molar-refractivity contribution is 0.385. The van der Waals surface area contributed by atoms with Crippen LogP contribution in [0.15, 0.2) is 22.2 Å². The summed E-state index contributed by atoms with van der Waals surface area (Å²) in [4.78, 5) is 23.7. The second-order valence-corrected chi connectivity index (χ2v) is 6.51. The van der Waals surface area contributed by atoms with Crippen LogP contribution in [-0.2, 0) is 6.54 Å². The third-order valence-corrected chi connectivity index (χ3v) is 4.30. The fourth-order valence-electron chi connectivity index (χ4n) is 2.63. The summed E-state index contributed by atoms with van der Waals surface area (Å²) in [5, 5.41) is 5.67. The monoisotopic (exact) mass is 332 g/mol. The smallest absolute Gasteiger partial charge is 0.261 e. The van der Waals surface area contributed by atoms with Crippen LogP contribution >= 0.6 is 11.8 Å². The van der Waals surface area contributed by atoms with Gasteiger partial charge in [0.05, 0.1) is 16.6 Å². The van der Waals surface area contributed by atoms with Gasteiger partial charge >= 0.3 is 0 Å². The van der Waals surface area contributed by atoms with Gasteiger partial charge in [0.1, 0.15) is 0 Å². The largest absolute Gasteiger partial charge is 0.315 e. The number of aryl methyl sites for hydroxylation is 2. The van der Waals surface area contributed by atoms with Crippen LogP contribution in [0.3, 0.4) is 0 Å². The number of pyridine rings is 1. The summed E-state index contributed by atoms with van der Waals surface area (Å²) in [6, 6.07) is 1.92. The molecular formula is C15H20N6OS. The van der Waals surface area contributed by atoms with Crippen LogP contribution in [0.2, 0.25) is 0 Å². The highest BCUT2D eigenvalue weighted by Gasteiger charge is 2.14. The quantitative estimate of drug-likeness (QED) is 0.658. The Morgan fingerprint density at radius 3 is 2.78 bits per heavy atom. The molecule has 8 heteroatoms. The molecule has 0 unspecified atom stereocenters. The van der Waals surface area contributed by atoms with Crippen LogP contribution in [0, 0.1) is 6.92 Å². The van der Waals surface area contributed by atoms with E-state index in [1.807, 2.05) is 39.5 Å². The molecule has 3 aromatic heterocycles. The maximum atomic E-state index is 12.8. The van der Waals surface area contributed by atoms with E-state index in [2.05, 4.69) is 20.0 Å². The summed E-state index contributed by atoms with van der Waals surface area (Å²) in [6.45, 7) is 3.49. The van der Waals surface area contributed by atoms with Crippen LogP contribution < -0.4 is 5.56 Å². The van der Waals surface area contributed by atoms with Gasteiger partial charge in [0, 0.05) is 12.7 Å². The van der Waals surface area contributed by atoms with Crippen molar-refractivity contribution < 1.29 is 0 Å². The average molecular weight is 332 g/mol. The second-order valence-electron chi connectivity index (χ2n) is 5.74. The molecule has 3 aromatic rings. The van der Waals surface area contributed by atoms with E-state index >= 15 is 0 Å². The predicted octanol–water partition coefficient (Wildman–Crippen LogP) is 1.42. The minimum Gasteiger partial charge on any atom is -0.315 e. The molecule has 23 heavy (non-hydrogen) atoms. The van der Waals surface area contributed by atoms with Gasteiger partial charge in [0.2, 0.25) is 5.16 Å². The summed E-state index contributed by atoms with van der Waals surface area (Å²) in [5.74, 6) is 0.532. The molecule has 0 spiro atoms. The molecule has 0 amide bonds. The van der Waals surface area contributed by atoms with Crippen molar-refractivity contribution in [2.45, 2.75) is 25.0 Å². The third kappa shape index (κ3) is 2.96. The highest BCUT2D eigenvalue weighted by Crippen LogP contribution is 2.17. The fourth-order valence-corrected chi connectivity index (χ4v) is 2.96. The molecule has 3 rings (SSSR count). The maximum Gasteiger partial charge on any atom is 0.261 e. The van der Waals surface area contributed by atoms with E-state index in [0.29, 0.717) is 28.6 Å². The van der Waals surface area contributed by atoms with Gasteiger partial charge in [-0.3, -0.25) is 4.79 Å². The van der Waals surface area contributed by atoms with Gasteiger partial charge in [-0.05, 0) is 46.3 Å². The summed E-state index contributed by atoms with van der Waals surface area (Å²) < 4.78 is 3.40.